The van der Waals surface area contributed by atoms with Gasteiger partial charge < -0.3 is 15.1 Å². The molecule has 0 saturated carbocycles. The summed E-state index contributed by atoms with van der Waals surface area (Å²) in [5.41, 5.74) is 7.51. The van der Waals surface area contributed by atoms with E-state index in [4.69, 9.17) is 10.2 Å². The number of halogens is 2. The molecule has 1 amide bonds. The second-order valence-corrected chi connectivity index (χ2v) is 10.5. The van der Waals surface area contributed by atoms with Gasteiger partial charge in [0.25, 0.3) is 12.3 Å². The summed E-state index contributed by atoms with van der Waals surface area (Å²) in [4.78, 5) is 19.8. The minimum absolute atomic E-state index is 0.0322. The number of hydrogen-bond acceptors (Lipinski definition) is 7. The van der Waals surface area contributed by atoms with Crippen LogP contribution in [0, 0.1) is 6.92 Å². The number of likely N-dealkylation sites (tertiary alicyclic amines) is 1. The van der Waals surface area contributed by atoms with Gasteiger partial charge in [0, 0.05) is 34.3 Å². The first kappa shape index (κ1) is 25.2. The van der Waals surface area contributed by atoms with E-state index in [0.29, 0.717) is 13.0 Å². The number of hydrogen-bond donors (Lipinski definition) is 1. The van der Waals surface area contributed by atoms with E-state index in [1.807, 2.05) is 42.6 Å². The van der Waals surface area contributed by atoms with Gasteiger partial charge in [0.05, 0.1) is 11.6 Å². The molecule has 1 aliphatic rings. The number of carbonyl (C=O) groups excluding carboxylic acids is 1. The van der Waals surface area contributed by atoms with Crippen molar-refractivity contribution < 1.29 is 18.0 Å². The molecule has 192 valence electrons. The Morgan fingerprint density at radius 3 is 2.73 bits per heavy atom. The molecule has 2 aromatic heterocycles. The molecule has 2 aromatic carbocycles. The van der Waals surface area contributed by atoms with Crippen LogP contribution >= 0.6 is 11.3 Å². The third kappa shape index (κ3) is 5.30. The van der Waals surface area contributed by atoms with E-state index >= 15 is 0 Å². The SMILES string of the molecule is Cc1csc([C@H]2CCCN2C(=O)c2cc(-c3nnc([C@](C)(N)Cc4ccccc4)o3)cc(C(F)F)c2)n1. The fraction of sp³-hybridized carbons (Fsp3) is 0.333. The Labute approximate surface area is 217 Å². The summed E-state index contributed by atoms with van der Waals surface area (Å²) >= 11 is 1.51. The molecule has 0 unspecified atom stereocenters. The Morgan fingerprint density at radius 2 is 2.03 bits per heavy atom. The number of benzene rings is 2. The second kappa shape index (κ2) is 10.1. The van der Waals surface area contributed by atoms with Crippen molar-refractivity contribution in [2.24, 2.45) is 5.73 Å². The number of carbonyl (C=O) groups is 1. The average Bonchev–Trinajstić information content (AvgIpc) is 3.64. The van der Waals surface area contributed by atoms with E-state index in [2.05, 4.69) is 15.2 Å². The summed E-state index contributed by atoms with van der Waals surface area (Å²) in [6, 6.07) is 13.5. The maximum atomic E-state index is 13.8. The van der Waals surface area contributed by atoms with Gasteiger partial charge in [-0.05, 0) is 56.9 Å². The van der Waals surface area contributed by atoms with E-state index < -0.39 is 12.0 Å². The minimum atomic E-state index is -2.78. The number of alkyl halides is 2. The monoisotopic (exact) mass is 523 g/mol. The van der Waals surface area contributed by atoms with E-state index in [-0.39, 0.29) is 40.4 Å². The zero-order valence-corrected chi connectivity index (χ0v) is 21.3. The number of nitrogens with zero attached hydrogens (tertiary/aromatic N) is 4. The minimum Gasteiger partial charge on any atom is -0.419 e. The highest BCUT2D eigenvalue weighted by Gasteiger charge is 2.34. The van der Waals surface area contributed by atoms with E-state index in [9.17, 15) is 13.6 Å². The molecule has 1 aliphatic heterocycles. The Hall–Kier alpha value is -3.50. The van der Waals surface area contributed by atoms with Crippen LogP contribution in [0.5, 0.6) is 0 Å². The fourth-order valence-electron chi connectivity index (χ4n) is 4.65. The highest BCUT2D eigenvalue weighted by atomic mass is 32.1. The predicted octanol–water partition coefficient (Wildman–Crippen LogP) is 5.83. The molecule has 5 rings (SSSR count). The molecule has 1 fully saturated rings. The number of amides is 1. The van der Waals surface area contributed by atoms with Crippen molar-refractivity contribution in [2.45, 2.75) is 51.1 Å². The van der Waals surface area contributed by atoms with E-state index in [0.717, 1.165) is 29.1 Å². The van der Waals surface area contributed by atoms with Gasteiger partial charge >= 0.3 is 0 Å². The Bertz CT molecular complexity index is 1400. The summed E-state index contributed by atoms with van der Waals surface area (Å²) in [6.45, 7) is 4.21. The topological polar surface area (TPSA) is 98.1 Å². The lowest BCUT2D eigenvalue weighted by atomic mass is 9.94. The van der Waals surface area contributed by atoms with Gasteiger partial charge in [-0.3, -0.25) is 4.79 Å². The Morgan fingerprint density at radius 1 is 1.24 bits per heavy atom. The Balaban J connectivity index is 1.45. The first-order valence-electron chi connectivity index (χ1n) is 12.0. The molecule has 4 aromatic rings. The zero-order chi connectivity index (χ0) is 26.2. The van der Waals surface area contributed by atoms with Crippen LogP contribution in [0.15, 0.2) is 58.3 Å². The first-order valence-corrected chi connectivity index (χ1v) is 12.9. The van der Waals surface area contributed by atoms with Crippen molar-refractivity contribution in [3.05, 3.63) is 87.2 Å². The predicted molar refractivity (Wildman–Crippen MR) is 136 cm³/mol. The molecule has 7 nitrogen and oxygen atoms in total. The Kier molecular flexibility index (Phi) is 6.87. The third-order valence-corrected chi connectivity index (χ3v) is 7.53. The molecule has 0 aliphatic carbocycles. The molecule has 2 N–H and O–H groups in total. The summed E-state index contributed by atoms with van der Waals surface area (Å²) in [5.74, 6) is -0.114. The highest BCUT2D eigenvalue weighted by molar-refractivity contribution is 7.09. The molecule has 0 bridgehead atoms. The fourth-order valence-corrected chi connectivity index (χ4v) is 5.59. The average molecular weight is 524 g/mol. The van der Waals surface area contributed by atoms with Gasteiger partial charge in [0.2, 0.25) is 11.8 Å². The van der Waals surface area contributed by atoms with Crippen LogP contribution < -0.4 is 5.73 Å². The van der Waals surface area contributed by atoms with Crippen molar-refractivity contribution in [3.63, 3.8) is 0 Å². The number of aryl methyl sites for hydroxylation is 1. The summed E-state index contributed by atoms with van der Waals surface area (Å²) in [7, 11) is 0. The van der Waals surface area contributed by atoms with E-state index in [1.54, 1.807) is 11.8 Å². The maximum absolute atomic E-state index is 13.8. The second-order valence-electron chi connectivity index (χ2n) is 9.62. The lowest BCUT2D eigenvalue weighted by Gasteiger charge is -2.23. The summed E-state index contributed by atoms with van der Waals surface area (Å²) < 4.78 is 33.6. The normalized spacial score (nSPS) is 17.4. The van der Waals surface area contributed by atoms with Gasteiger partial charge in [-0.1, -0.05) is 30.3 Å². The van der Waals surface area contributed by atoms with Crippen LogP contribution in [0.25, 0.3) is 11.5 Å². The van der Waals surface area contributed by atoms with Crippen LogP contribution in [-0.4, -0.2) is 32.5 Å². The number of rotatable bonds is 7. The molecular formula is C27H27F2N5O2S. The van der Waals surface area contributed by atoms with Gasteiger partial charge in [-0.15, -0.1) is 21.5 Å². The highest BCUT2D eigenvalue weighted by Crippen LogP contribution is 2.36. The van der Waals surface area contributed by atoms with Crippen LogP contribution in [0.4, 0.5) is 8.78 Å². The number of nitrogens with two attached hydrogens (primary N) is 1. The number of aromatic nitrogens is 3. The lowest BCUT2D eigenvalue weighted by molar-refractivity contribution is 0.0735. The van der Waals surface area contributed by atoms with Crippen LogP contribution in [-0.2, 0) is 12.0 Å². The molecule has 0 spiro atoms. The lowest BCUT2D eigenvalue weighted by Crippen LogP contribution is -2.35. The molecule has 2 atom stereocenters. The molecule has 1 saturated heterocycles. The van der Waals surface area contributed by atoms with Crippen molar-refractivity contribution in [2.75, 3.05) is 6.54 Å². The van der Waals surface area contributed by atoms with Gasteiger partial charge in [0.1, 0.15) is 5.01 Å². The van der Waals surface area contributed by atoms with Gasteiger partial charge in [-0.25, -0.2) is 13.8 Å². The summed E-state index contributed by atoms with van der Waals surface area (Å²) in [6.07, 6.45) is -0.727. The van der Waals surface area contributed by atoms with Crippen LogP contribution in [0.2, 0.25) is 0 Å². The molecule has 37 heavy (non-hydrogen) atoms. The van der Waals surface area contributed by atoms with Crippen molar-refractivity contribution in [1.29, 1.82) is 0 Å². The van der Waals surface area contributed by atoms with Gasteiger partial charge in [-0.2, -0.15) is 0 Å². The maximum Gasteiger partial charge on any atom is 0.263 e. The van der Waals surface area contributed by atoms with Crippen LogP contribution in [0.3, 0.4) is 0 Å². The molecule has 3 heterocycles. The molecule has 10 heteroatoms. The first-order chi connectivity index (χ1) is 17.7. The zero-order valence-electron chi connectivity index (χ0n) is 20.5. The molecular weight excluding hydrogens is 496 g/mol. The van der Waals surface area contributed by atoms with Crippen molar-refractivity contribution in [1.82, 2.24) is 20.1 Å². The smallest absolute Gasteiger partial charge is 0.263 e. The van der Waals surface area contributed by atoms with Crippen molar-refractivity contribution in [3.8, 4) is 11.5 Å². The van der Waals surface area contributed by atoms with Crippen LogP contribution in [0.1, 0.15) is 70.3 Å². The summed E-state index contributed by atoms with van der Waals surface area (Å²) in [5, 5.41) is 11.0. The van der Waals surface area contributed by atoms with E-state index in [1.165, 1.54) is 29.5 Å². The number of thiazole rings is 1. The molecule has 0 radical (unpaired) electrons. The standard InChI is InChI=1S/C27H27F2N5O2S/c1-16-15-37-24(31-16)21-9-6-10-34(21)25(35)20-12-18(22(28)29)11-19(13-20)23-32-33-26(36-23)27(2,30)14-17-7-4-3-5-8-17/h3-5,7-8,11-13,15,21-22H,6,9-10,14,30H2,1-2H3/t21-,27-/m1/s1. The quantitative estimate of drug-likeness (QED) is 0.327. The largest absolute Gasteiger partial charge is 0.419 e. The van der Waals surface area contributed by atoms with Gasteiger partial charge in [0.15, 0.2) is 0 Å². The third-order valence-electron chi connectivity index (χ3n) is 6.46. The van der Waals surface area contributed by atoms with Crippen molar-refractivity contribution >= 4 is 17.2 Å².